The summed E-state index contributed by atoms with van der Waals surface area (Å²) in [5.74, 6) is 0.373. The average Bonchev–Trinajstić information content (AvgIpc) is 2.58. The largest absolute Gasteiger partial charge is 0.417 e. The number of nitrogens with two attached hydrogens (primary N) is 1. The Hall–Kier alpha value is -2.05. The zero-order valence-electron chi connectivity index (χ0n) is 8.86. The zero-order valence-corrected chi connectivity index (χ0v) is 8.86. The van der Waals surface area contributed by atoms with Gasteiger partial charge in [-0.15, -0.1) is 0 Å². The zero-order chi connectivity index (χ0) is 12.6. The number of rotatable bonds is 1. The van der Waals surface area contributed by atoms with Crippen LogP contribution in [0.2, 0.25) is 0 Å². The Morgan fingerprint density at radius 2 is 1.94 bits per heavy atom. The summed E-state index contributed by atoms with van der Waals surface area (Å²) in [7, 11) is 1.61. The van der Waals surface area contributed by atoms with Crippen LogP contribution in [0.15, 0.2) is 24.5 Å². The van der Waals surface area contributed by atoms with E-state index >= 15 is 0 Å². The van der Waals surface area contributed by atoms with E-state index in [0.717, 1.165) is 12.3 Å². The van der Waals surface area contributed by atoms with Crippen LogP contribution in [0, 0.1) is 0 Å². The third-order valence-corrected chi connectivity index (χ3v) is 2.28. The molecule has 0 atom stereocenters. The van der Waals surface area contributed by atoms with Crippen molar-refractivity contribution in [2.45, 2.75) is 6.18 Å². The number of aromatic nitrogens is 3. The van der Waals surface area contributed by atoms with Crippen molar-refractivity contribution >= 4 is 5.82 Å². The number of alkyl halides is 3. The molecule has 0 aromatic carbocycles. The molecule has 0 fully saturated rings. The molecule has 0 saturated heterocycles. The van der Waals surface area contributed by atoms with E-state index in [1.165, 1.54) is 16.9 Å². The van der Waals surface area contributed by atoms with Gasteiger partial charge in [0, 0.05) is 31.1 Å². The van der Waals surface area contributed by atoms with Crippen LogP contribution in [0.1, 0.15) is 5.56 Å². The topological polar surface area (TPSA) is 56.7 Å². The molecule has 0 unspecified atom stereocenters. The normalized spacial score (nSPS) is 11.8. The van der Waals surface area contributed by atoms with Crippen molar-refractivity contribution in [2.75, 3.05) is 5.73 Å². The molecule has 0 spiro atoms. The van der Waals surface area contributed by atoms with Crippen molar-refractivity contribution in [2.24, 2.45) is 7.05 Å². The SMILES string of the molecule is Cn1nc(-c2cncc(C(F)(F)F)c2)cc1N. The predicted octanol–water partition coefficient (Wildman–Crippen LogP) is 2.08. The van der Waals surface area contributed by atoms with Gasteiger partial charge < -0.3 is 5.73 Å². The maximum absolute atomic E-state index is 12.5. The average molecular weight is 242 g/mol. The molecule has 0 radical (unpaired) electrons. The van der Waals surface area contributed by atoms with Crippen molar-refractivity contribution < 1.29 is 13.2 Å². The Morgan fingerprint density at radius 1 is 1.24 bits per heavy atom. The molecular formula is C10H9F3N4. The van der Waals surface area contributed by atoms with Gasteiger partial charge in [-0.1, -0.05) is 0 Å². The van der Waals surface area contributed by atoms with Crippen LogP contribution in [0.5, 0.6) is 0 Å². The Morgan fingerprint density at radius 3 is 2.47 bits per heavy atom. The highest BCUT2D eigenvalue weighted by molar-refractivity contribution is 5.62. The van der Waals surface area contributed by atoms with Gasteiger partial charge >= 0.3 is 6.18 Å². The van der Waals surface area contributed by atoms with Crippen LogP contribution in [0.3, 0.4) is 0 Å². The third kappa shape index (κ3) is 2.22. The second-order valence-corrected chi connectivity index (χ2v) is 3.54. The second-order valence-electron chi connectivity index (χ2n) is 3.54. The van der Waals surface area contributed by atoms with Crippen molar-refractivity contribution in [1.82, 2.24) is 14.8 Å². The molecule has 7 heteroatoms. The maximum atomic E-state index is 12.5. The molecular weight excluding hydrogens is 233 g/mol. The number of nitrogens with zero attached hydrogens (tertiary/aromatic N) is 3. The van der Waals surface area contributed by atoms with Crippen LogP contribution in [-0.4, -0.2) is 14.8 Å². The first-order chi connectivity index (χ1) is 7.88. The van der Waals surface area contributed by atoms with Gasteiger partial charge in [-0.3, -0.25) is 9.67 Å². The van der Waals surface area contributed by atoms with E-state index < -0.39 is 11.7 Å². The van der Waals surface area contributed by atoms with Gasteiger partial charge in [-0.2, -0.15) is 18.3 Å². The fourth-order valence-corrected chi connectivity index (χ4v) is 1.36. The van der Waals surface area contributed by atoms with Crippen LogP contribution in [0.25, 0.3) is 11.3 Å². The highest BCUT2D eigenvalue weighted by atomic mass is 19.4. The summed E-state index contributed by atoms with van der Waals surface area (Å²) in [5.41, 5.74) is 5.40. The first kappa shape index (κ1) is 11.4. The second kappa shape index (κ2) is 3.76. The summed E-state index contributed by atoms with van der Waals surface area (Å²) in [6.07, 6.45) is -2.32. The number of halogens is 3. The van der Waals surface area contributed by atoms with E-state index in [0.29, 0.717) is 11.5 Å². The van der Waals surface area contributed by atoms with Crippen LogP contribution in [-0.2, 0) is 13.2 Å². The Labute approximate surface area is 94.9 Å². The third-order valence-electron chi connectivity index (χ3n) is 2.28. The van der Waals surface area contributed by atoms with Gasteiger partial charge in [0.05, 0.1) is 11.3 Å². The van der Waals surface area contributed by atoms with Crippen molar-refractivity contribution in [3.05, 3.63) is 30.1 Å². The van der Waals surface area contributed by atoms with Crippen LogP contribution >= 0.6 is 0 Å². The van der Waals surface area contributed by atoms with Gasteiger partial charge in [0.2, 0.25) is 0 Å². The smallest absolute Gasteiger partial charge is 0.384 e. The number of anilines is 1. The van der Waals surface area contributed by atoms with Crippen molar-refractivity contribution in [1.29, 1.82) is 0 Å². The van der Waals surface area contributed by atoms with E-state index in [4.69, 9.17) is 5.73 Å². The monoisotopic (exact) mass is 242 g/mol. The Bertz CT molecular complexity index is 525. The molecule has 0 aliphatic heterocycles. The number of pyridine rings is 1. The van der Waals surface area contributed by atoms with E-state index in [1.807, 2.05) is 0 Å². The molecule has 17 heavy (non-hydrogen) atoms. The van der Waals surface area contributed by atoms with Crippen molar-refractivity contribution in [3.63, 3.8) is 0 Å². The molecule has 2 N–H and O–H groups in total. The maximum Gasteiger partial charge on any atom is 0.417 e. The standard InChI is InChI=1S/C10H9F3N4/c1-17-9(14)3-8(16-17)6-2-7(5-15-4-6)10(11,12)13/h2-5H,14H2,1H3. The van der Waals surface area contributed by atoms with Gasteiger partial charge in [0.25, 0.3) is 0 Å². The van der Waals surface area contributed by atoms with E-state index in [2.05, 4.69) is 10.1 Å². The summed E-state index contributed by atoms with van der Waals surface area (Å²) in [6.45, 7) is 0. The molecule has 2 rings (SSSR count). The van der Waals surface area contributed by atoms with E-state index in [1.54, 1.807) is 7.05 Å². The number of hydrogen-bond acceptors (Lipinski definition) is 3. The molecule has 0 aliphatic carbocycles. The summed E-state index contributed by atoms with van der Waals surface area (Å²) in [6, 6.07) is 2.49. The molecule has 4 nitrogen and oxygen atoms in total. The Kier molecular flexibility index (Phi) is 2.53. The fraction of sp³-hybridized carbons (Fsp3) is 0.200. The summed E-state index contributed by atoms with van der Waals surface area (Å²) >= 11 is 0. The number of aryl methyl sites for hydroxylation is 1. The summed E-state index contributed by atoms with van der Waals surface area (Å²) < 4.78 is 38.8. The first-order valence-electron chi connectivity index (χ1n) is 4.70. The molecule has 2 aromatic rings. The molecule has 90 valence electrons. The molecule has 0 amide bonds. The molecule has 2 heterocycles. The predicted molar refractivity (Wildman–Crippen MR) is 55.9 cm³/mol. The van der Waals surface area contributed by atoms with Crippen LogP contribution in [0.4, 0.5) is 19.0 Å². The lowest BCUT2D eigenvalue weighted by Gasteiger charge is -2.06. The summed E-state index contributed by atoms with van der Waals surface area (Å²) in [4.78, 5) is 3.56. The molecule has 0 saturated carbocycles. The van der Waals surface area contributed by atoms with Gasteiger partial charge in [0.15, 0.2) is 0 Å². The van der Waals surface area contributed by atoms with Crippen LogP contribution < -0.4 is 5.73 Å². The quantitative estimate of drug-likeness (QED) is 0.832. The number of hydrogen-bond donors (Lipinski definition) is 1. The van der Waals surface area contributed by atoms with Gasteiger partial charge in [-0.05, 0) is 6.07 Å². The molecule has 0 bridgehead atoms. The first-order valence-corrected chi connectivity index (χ1v) is 4.70. The lowest BCUT2D eigenvalue weighted by atomic mass is 10.1. The van der Waals surface area contributed by atoms with E-state index in [9.17, 15) is 13.2 Å². The lowest BCUT2D eigenvalue weighted by molar-refractivity contribution is -0.137. The van der Waals surface area contributed by atoms with Crippen molar-refractivity contribution in [3.8, 4) is 11.3 Å². The number of nitrogen functional groups attached to an aromatic ring is 1. The van der Waals surface area contributed by atoms with Gasteiger partial charge in [0.1, 0.15) is 5.82 Å². The minimum atomic E-state index is -4.41. The minimum Gasteiger partial charge on any atom is -0.384 e. The van der Waals surface area contributed by atoms with Gasteiger partial charge in [-0.25, -0.2) is 0 Å². The summed E-state index contributed by atoms with van der Waals surface area (Å²) in [5, 5.41) is 3.99. The Balaban J connectivity index is 2.47. The molecule has 0 aliphatic rings. The highest BCUT2D eigenvalue weighted by Crippen LogP contribution is 2.31. The van der Waals surface area contributed by atoms with E-state index in [-0.39, 0.29) is 5.56 Å². The minimum absolute atomic E-state index is 0.284. The highest BCUT2D eigenvalue weighted by Gasteiger charge is 2.31. The molecule has 2 aromatic heterocycles. The fourth-order valence-electron chi connectivity index (χ4n) is 1.36. The lowest BCUT2D eigenvalue weighted by Crippen LogP contribution is -2.05.